The van der Waals surface area contributed by atoms with Gasteiger partial charge in [-0.3, -0.25) is 0 Å². The maximum absolute atomic E-state index is 10.5. The number of hydrogen-bond donors (Lipinski definition) is 0. The molecule has 12 heavy (non-hydrogen) atoms. The van der Waals surface area contributed by atoms with Crippen molar-refractivity contribution in [3.05, 3.63) is 24.3 Å². The third kappa shape index (κ3) is 2.59. The van der Waals surface area contributed by atoms with E-state index in [4.69, 9.17) is 4.74 Å². The van der Waals surface area contributed by atoms with E-state index in [-0.39, 0.29) is 5.97 Å². The Morgan fingerprint density at radius 1 is 1.33 bits per heavy atom. The monoisotopic (exact) mass is 226 g/mol. The molecule has 0 bridgehead atoms. The summed E-state index contributed by atoms with van der Waals surface area (Å²) in [6.07, 6.45) is 0. The summed E-state index contributed by atoms with van der Waals surface area (Å²) in [7, 11) is 0. The minimum absolute atomic E-state index is 0.349. The van der Waals surface area contributed by atoms with Gasteiger partial charge in [-0.05, 0) is 0 Å². The van der Waals surface area contributed by atoms with Crippen molar-refractivity contribution in [1.29, 1.82) is 0 Å². The van der Waals surface area contributed by atoms with E-state index in [2.05, 4.69) is 0 Å². The third-order valence-electron chi connectivity index (χ3n) is 1.20. The van der Waals surface area contributed by atoms with Gasteiger partial charge in [0.2, 0.25) is 0 Å². The van der Waals surface area contributed by atoms with Crippen molar-refractivity contribution in [1.82, 2.24) is 0 Å². The zero-order valence-electron chi connectivity index (χ0n) is 6.48. The molecule has 0 radical (unpaired) electrons. The molecule has 0 fully saturated rings. The maximum atomic E-state index is 10.5. The molecule has 0 aliphatic carbocycles. The summed E-state index contributed by atoms with van der Waals surface area (Å²) in [6, 6.07) is 6.63. The van der Waals surface area contributed by atoms with Crippen LogP contribution in [0.25, 0.3) is 0 Å². The Balaban J connectivity index is 2.77. The van der Waals surface area contributed by atoms with Crippen molar-refractivity contribution in [3.63, 3.8) is 0 Å². The number of esters is 1. The summed E-state index contributed by atoms with van der Waals surface area (Å²) in [4.78, 5) is 10.5. The quantitative estimate of drug-likeness (QED) is 0.413. The summed E-state index contributed by atoms with van der Waals surface area (Å²) in [5.74, 6) is 0.138. The molecule has 0 atom stereocenters. The van der Waals surface area contributed by atoms with Crippen molar-refractivity contribution in [2.75, 3.05) is 0 Å². The van der Waals surface area contributed by atoms with Gasteiger partial charge < -0.3 is 0 Å². The van der Waals surface area contributed by atoms with Crippen LogP contribution in [0.15, 0.2) is 24.3 Å². The van der Waals surface area contributed by atoms with E-state index in [9.17, 15) is 8.53 Å². The molecule has 1 aromatic carbocycles. The number of ether oxygens (including phenoxy) is 1. The van der Waals surface area contributed by atoms with Crippen LogP contribution in [0.3, 0.4) is 0 Å². The van der Waals surface area contributed by atoms with Crippen LogP contribution in [0.2, 0.25) is 0 Å². The first-order valence-corrected chi connectivity index (χ1v) is 5.04. The molecule has 0 saturated carbocycles. The van der Waals surface area contributed by atoms with E-state index in [0.717, 1.165) is 4.35 Å². The molecule has 0 spiro atoms. The van der Waals surface area contributed by atoms with E-state index in [0.29, 0.717) is 5.75 Å². The van der Waals surface area contributed by atoms with Gasteiger partial charge in [-0.25, -0.2) is 0 Å². The Labute approximate surface area is 76.6 Å². The van der Waals surface area contributed by atoms with Crippen molar-refractivity contribution < 1.29 is 13.3 Å². The van der Waals surface area contributed by atoms with Crippen LogP contribution < -0.4 is 9.09 Å². The third-order valence-corrected chi connectivity index (χ3v) is 2.27. The summed E-state index contributed by atoms with van der Waals surface area (Å²) < 4.78 is 16.0. The Bertz CT molecular complexity index is 292. The van der Waals surface area contributed by atoms with Gasteiger partial charge in [0, 0.05) is 0 Å². The van der Waals surface area contributed by atoms with Crippen molar-refractivity contribution >= 4 is 26.0 Å². The number of carbonyl (C=O) groups excluding carboxylic acids is 1. The molecule has 0 aromatic heterocycles. The molecule has 4 heteroatoms. The van der Waals surface area contributed by atoms with Crippen molar-refractivity contribution in [3.8, 4) is 5.75 Å². The summed E-state index contributed by atoms with van der Waals surface area (Å²) >= 11 is -0.987. The fraction of sp³-hybridized carbons (Fsp3) is 0.125. The van der Waals surface area contributed by atoms with E-state index in [1.807, 2.05) is 0 Å². The predicted molar refractivity (Wildman–Crippen MR) is 43.8 cm³/mol. The van der Waals surface area contributed by atoms with Crippen LogP contribution in [0.5, 0.6) is 5.75 Å². The zero-order chi connectivity index (χ0) is 8.97. The molecule has 1 rings (SSSR count). The molecule has 3 nitrogen and oxygen atoms in total. The average Bonchev–Trinajstić information content (AvgIpc) is 2.05. The Morgan fingerprint density at radius 2 is 1.92 bits per heavy atom. The Morgan fingerprint density at radius 3 is 2.33 bits per heavy atom. The van der Waals surface area contributed by atoms with Gasteiger partial charge in [-0.2, -0.15) is 0 Å². The van der Waals surface area contributed by atoms with Gasteiger partial charge in [0.15, 0.2) is 0 Å². The van der Waals surface area contributed by atoms with E-state index < -0.39 is 15.7 Å². The molecule has 1 aromatic rings. The average molecular weight is 226 g/mol. The van der Waals surface area contributed by atoms with E-state index in [1.165, 1.54) is 6.92 Å². The fourth-order valence-corrected chi connectivity index (χ4v) is 1.31. The molecular weight excluding hydrogens is 219 g/mol. The number of carbonyl (C=O) groups is 1. The van der Waals surface area contributed by atoms with Crippen LogP contribution in [-0.4, -0.2) is 21.7 Å². The predicted octanol–water partition coefficient (Wildman–Crippen LogP) is 0.287. The number of hydrogen-bond acceptors (Lipinski definition) is 3. The number of benzene rings is 1. The molecule has 0 amide bonds. The molecule has 0 unspecified atom stereocenters. The van der Waals surface area contributed by atoms with Crippen LogP contribution >= 0.6 is 0 Å². The molecule has 0 heterocycles. The molecule has 62 valence electrons. The Kier molecular flexibility index (Phi) is 3.17. The second kappa shape index (κ2) is 4.17. The molecule has 0 aliphatic rings. The second-order valence-corrected chi connectivity index (χ2v) is 3.65. The minimum atomic E-state index is -0.987. The van der Waals surface area contributed by atoms with Gasteiger partial charge in [-0.1, -0.05) is 0 Å². The summed E-state index contributed by atoms with van der Waals surface area (Å²) in [5, 5.41) is 0. The summed E-state index contributed by atoms with van der Waals surface area (Å²) in [6.45, 7) is 1.34. The molecule has 0 aliphatic heterocycles. The normalized spacial score (nSPS) is 9.75. The van der Waals surface area contributed by atoms with Gasteiger partial charge in [0.1, 0.15) is 0 Å². The SMILES string of the molecule is CC(=O)Oc1ccc([As]=O)cc1. The van der Waals surface area contributed by atoms with Crippen LogP contribution in [0.1, 0.15) is 6.92 Å². The van der Waals surface area contributed by atoms with Gasteiger partial charge >= 0.3 is 76.2 Å². The topological polar surface area (TPSA) is 43.4 Å². The van der Waals surface area contributed by atoms with Crippen molar-refractivity contribution in [2.45, 2.75) is 6.92 Å². The first-order valence-electron chi connectivity index (χ1n) is 3.34. The van der Waals surface area contributed by atoms with Gasteiger partial charge in [0.05, 0.1) is 0 Å². The van der Waals surface area contributed by atoms with Crippen LogP contribution in [0.4, 0.5) is 0 Å². The van der Waals surface area contributed by atoms with E-state index >= 15 is 0 Å². The molecule has 0 N–H and O–H groups in total. The standard InChI is InChI=1S/C8H7AsO3/c1-6(10)12-8-4-2-7(9-11)3-5-8/h2-5H,1H3. The molecule has 0 saturated heterocycles. The first kappa shape index (κ1) is 9.14. The zero-order valence-corrected chi connectivity index (χ0v) is 8.36. The van der Waals surface area contributed by atoms with Crippen LogP contribution in [-0.2, 0) is 8.53 Å². The summed E-state index contributed by atoms with van der Waals surface area (Å²) in [5.41, 5.74) is 0. The van der Waals surface area contributed by atoms with Gasteiger partial charge in [-0.15, -0.1) is 0 Å². The Hall–Kier alpha value is -0.952. The number of rotatable bonds is 2. The second-order valence-electron chi connectivity index (χ2n) is 2.18. The first-order chi connectivity index (χ1) is 5.72. The fourth-order valence-electron chi connectivity index (χ4n) is 0.741. The molecular formula is C8H7AsO3. The van der Waals surface area contributed by atoms with Crippen molar-refractivity contribution in [2.24, 2.45) is 0 Å². The van der Waals surface area contributed by atoms with Gasteiger partial charge in [0.25, 0.3) is 0 Å². The van der Waals surface area contributed by atoms with Crippen LogP contribution in [0, 0.1) is 0 Å². The van der Waals surface area contributed by atoms with E-state index in [1.54, 1.807) is 24.3 Å².